The quantitative estimate of drug-likeness (QED) is 0.838. The summed E-state index contributed by atoms with van der Waals surface area (Å²) in [6.07, 6.45) is 2.83. The van der Waals surface area contributed by atoms with E-state index in [1.165, 1.54) is 17.1 Å². The third-order valence-electron chi connectivity index (χ3n) is 2.54. The van der Waals surface area contributed by atoms with Crippen molar-refractivity contribution < 1.29 is 13.9 Å². The van der Waals surface area contributed by atoms with E-state index < -0.39 is 17.2 Å². The van der Waals surface area contributed by atoms with E-state index in [9.17, 15) is 13.9 Å². The Hall–Kier alpha value is -1.95. The summed E-state index contributed by atoms with van der Waals surface area (Å²) >= 11 is 0. The van der Waals surface area contributed by atoms with Gasteiger partial charge in [-0.05, 0) is 26.0 Å². The average Bonchev–Trinajstić information content (AvgIpc) is 2.61. The molecule has 2 rings (SSSR count). The molecule has 1 aromatic heterocycles. The first-order valence-corrected chi connectivity index (χ1v) is 5.76. The monoisotopic (exact) mass is 267 g/mol. The second-order valence-corrected chi connectivity index (χ2v) is 5.10. The van der Waals surface area contributed by atoms with Gasteiger partial charge < -0.3 is 10.8 Å². The SMILES string of the molecule is CC(C)(O)Cn1cc(-c2c(F)cc(N)cc2F)cn1. The Balaban J connectivity index is 2.39. The van der Waals surface area contributed by atoms with Crippen LogP contribution in [0.2, 0.25) is 0 Å². The van der Waals surface area contributed by atoms with E-state index in [-0.39, 0.29) is 17.8 Å². The number of anilines is 1. The lowest BCUT2D eigenvalue weighted by atomic mass is 10.1. The van der Waals surface area contributed by atoms with Gasteiger partial charge in [-0.1, -0.05) is 0 Å². The summed E-state index contributed by atoms with van der Waals surface area (Å²) in [5.41, 5.74) is 4.57. The Bertz CT molecular complexity index is 579. The molecule has 1 heterocycles. The molecule has 0 atom stereocenters. The minimum atomic E-state index is -0.957. The van der Waals surface area contributed by atoms with Crippen molar-refractivity contribution >= 4 is 5.69 Å². The predicted molar refractivity (Wildman–Crippen MR) is 68.3 cm³/mol. The van der Waals surface area contributed by atoms with Gasteiger partial charge in [-0.2, -0.15) is 5.10 Å². The van der Waals surface area contributed by atoms with Crippen LogP contribution in [-0.2, 0) is 6.54 Å². The lowest BCUT2D eigenvalue weighted by Gasteiger charge is -2.16. The predicted octanol–water partition coefficient (Wildman–Crippen LogP) is 2.18. The molecule has 0 radical (unpaired) electrons. The summed E-state index contributed by atoms with van der Waals surface area (Å²) in [4.78, 5) is 0. The Morgan fingerprint density at radius 3 is 2.42 bits per heavy atom. The summed E-state index contributed by atoms with van der Waals surface area (Å²) in [6.45, 7) is 3.47. The first-order chi connectivity index (χ1) is 8.76. The van der Waals surface area contributed by atoms with Crippen molar-refractivity contribution in [3.05, 3.63) is 36.2 Å². The van der Waals surface area contributed by atoms with Gasteiger partial charge in [-0.3, -0.25) is 4.68 Å². The largest absolute Gasteiger partial charge is 0.399 e. The van der Waals surface area contributed by atoms with Crippen molar-refractivity contribution in [3.8, 4) is 11.1 Å². The molecule has 0 spiro atoms. The maximum absolute atomic E-state index is 13.7. The topological polar surface area (TPSA) is 64.1 Å². The Morgan fingerprint density at radius 2 is 1.89 bits per heavy atom. The number of benzene rings is 1. The second-order valence-electron chi connectivity index (χ2n) is 5.10. The minimum Gasteiger partial charge on any atom is -0.399 e. The summed E-state index contributed by atoms with van der Waals surface area (Å²) in [5, 5.41) is 13.6. The van der Waals surface area contributed by atoms with Crippen LogP contribution >= 0.6 is 0 Å². The van der Waals surface area contributed by atoms with E-state index in [0.29, 0.717) is 5.56 Å². The van der Waals surface area contributed by atoms with Gasteiger partial charge in [-0.15, -0.1) is 0 Å². The highest BCUT2D eigenvalue weighted by atomic mass is 19.1. The van der Waals surface area contributed by atoms with E-state index in [1.807, 2.05) is 0 Å². The maximum atomic E-state index is 13.7. The molecule has 0 amide bonds. The number of aliphatic hydroxyl groups is 1. The molecule has 4 nitrogen and oxygen atoms in total. The normalized spacial score (nSPS) is 11.8. The van der Waals surface area contributed by atoms with Crippen LogP contribution < -0.4 is 5.73 Å². The molecule has 0 bridgehead atoms. The molecule has 0 aliphatic heterocycles. The van der Waals surface area contributed by atoms with Crippen LogP contribution in [0.1, 0.15) is 13.8 Å². The van der Waals surface area contributed by atoms with E-state index >= 15 is 0 Å². The molecule has 2 aromatic rings. The summed E-state index contributed by atoms with van der Waals surface area (Å²) < 4.78 is 28.9. The zero-order valence-corrected chi connectivity index (χ0v) is 10.7. The van der Waals surface area contributed by atoms with Crippen molar-refractivity contribution in [2.75, 3.05) is 5.73 Å². The van der Waals surface area contributed by atoms with Crippen LogP contribution in [0.3, 0.4) is 0 Å². The number of nitrogens with two attached hydrogens (primary N) is 1. The summed E-state index contributed by atoms with van der Waals surface area (Å²) in [7, 11) is 0. The first-order valence-electron chi connectivity index (χ1n) is 5.76. The van der Waals surface area contributed by atoms with Crippen molar-refractivity contribution in [1.82, 2.24) is 9.78 Å². The Morgan fingerprint density at radius 1 is 1.32 bits per heavy atom. The molecular formula is C13H15F2N3O. The van der Waals surface area contributed by atoms with Gasteiger partial charge in [-0.25, -0.2) is 8.78 Å². The van der Waals surface area contributed by atoms with Crippen LogP contribution in [0.15, 0.2) is 24.5 Å². The van der Waals surface area contributed by atoms with Gasteiger partial charge in [0.1, 0.15) is 11.6 Å². The highest BCUT2D eigenvalue weighted by molar-refractivity contribution is 5.65. The van der Waals surface area contributed by atoms with Crippen molar-refractivity contribution in [2.45, 2.75) is 26.0 Å². The lowest BCUT2D eigenvalue weighted by Crippen LogP contribution is -2.26. The van der Waals surface area contributed by atoms with Gasteiger partial charge in [0.2, 0.25) is 0 Å². The summed E-state index contributed by atoms with van der Waals surface area (Å²) in [6, 6.07) is 2.12. The third-order valence-corrected chi connectivity index (χ3v) is 2.54. The van der Waals surface area contributed by atoms with Crippen molar-refractivity contribution in [3.63, 3.8) is 0 Å². The molecule has 6 heteroatoms. The number of hydrogen-bond acceptors (Lipinski definition) is 3. The fourth-order valence-electron chi connectivity index (χ4n) is 1.84. The average molecular weight is 267 g/mol. The fourth-order valence-corrected chi connectivity index (χ4v) is 1.84. The van der Waals surface area contributed by atoms with Gasteiger partial charge >= 0.3 is 0 Å². The highest BCUT2D eigenvalue weighted by Gasteiger charge is 2.17. The van der Waals surface area contributed by atoms with Crippen LogP contribution in [-0.4, -0.2) is 20.5 Å². The van der Waals surface area contributed by atoms with Gasteiger partial charge in [0, 0.05) is 17.4 Å². The van der Waals surface area contributed by atoms with Crippen LogP contribution in [0.4, 0.5) is 14.5 Å². The zero-order chi connectivity index (χ0) is 14.2. The molecule has 0 aliphatic carbocycles. The molecular weight excluding hydrogens is 252 g/mol. The van der Waals surface area contributed by atoms with E-state index in [1.54, 1.807) is 13.8 Å². The second kappa shape index (κ2) is 4.62. The number of halogens is 2. The Kier molecular flexibility index (Phi) is 3.28. The number of rotatable bonds is 3. The summed E-state index contributed by atoms with van der Waals surface area (Å²) in [5.74, 6) is -1.47. The fraction of sp³-hybridized carbons (Fsp3) is 0.308. The smallest absolute Gasteiger partial charge is 0.136 e. The molecule has 102 valence electrons. The molecule has 0 fully saturated rings. The zero-order valence-electron chi connectivity index (χ0n) is 10.7. The molecule has 0 aliphatic rings. The Labute approximate surface area is 109 Å². The molecule has 0 saturated heterocycles. The molecule has 0 unspecified atom stereocenters. The third kappa shape index (κ3) is 3.08. The van der Waals surface area contributed by atoms with E-state index in [2.05, 4.69) is 5.10 Å². The standard InChI is InChI=1S/C13H15F2N3O/c1-13(2,19)7-18-6-8(5-17-18)12-10(14)3-9(16)4-11(12)15/h3-6,19H,7,16H2,1-2H3. The lowest BCUT2D eigenvalue weighted by molar-refractivity contribution is 0.0577. The van der Waals surface area contributed by atoms with Gasteiger partial charge in [0.25, 0.3) is 0 Å². The van der Waals surface area contributed by atoms with Crippen molar-refractivity contribution in [2.24, 2.45) is 0 Å². The first kappa shape index (κ1) is 13.5. The maximum Gasteiger partial charge on any atom is 0.136 e. The molecule has 1 aromatic carbocycles. The van der Waals surface area contributed by atoms with Crippen LogP contribution in [0.25, 0.3) is 11.1 Å². The number of hydrogen-bond donors (Lipinski definition) is 2. The highest BCUT2D eigenvalue weighted by Crippen LogP contribution is 2.27. The van der Waals surface area contributed by atoms with Gasteiger partial charge in [0.15, 0.2) is 0 Å². The van der Waals surface area contributed by atoms with E-state index in [4.69, 9.17) is 5.73 Å². The minimum absolute atomic E-state index is 0.0302. The van der Waals surface area contributed by atoms with Gasteiger partial charge in [0.05, 0.1) is 23.9 Å². The van der Waals surface area contributed by atoms with Crippen LogP contribution in [0.5, 0.6) is 0 Å². The molecule has 3 N–H and O–H groups in total. The number of aromatic nitrogens is 2. The molecule has 19 heavy (non-hydrogen) atoms. The van der Waals surface area contributed by atoms with Crippen LogP contribution in [0, 0.1) is 11.6 Å². The van der Waals surface area contributed by atoms with Crippen molar-refractivity contribution in [1.29, 1.82) is 0 Å². The van der Waals surface area contributed by atoms with E-state index in [0.717, 1.165) is 12.1 Å². The number of nitrogens with zero attached hydrogens (tertiary/aromatic N) is 2. The number of nitrogen functional groups attached to an aromatic ring is 1. The molecule has 0 saturated carbocycles.